The second-order valence-corrected chi connectivity index (χ2v) is 7.92. The Hall–Kier alpha value is -3.97. The van der Waals surface area contributed by atoms with Gasteiger partial charge >= 0.3 is 11.8 Å². The molecule has 0 radical (unpaired) electrons. The third kappa shape index (κ3) is 5.10. The van der Waals surface area contributed by atoms with Crippen molar-refractivity contribution < 1.29 is 14.4 Å². The molecule has 0 aliphatic carbocycles. The number of benzene rings is 3. The molecule has 1 aliphatic rings. The fourth-order valence-corrected chi connectivity index (χ4v) is 4.19. The number of para-hydroxylation sites is 1. The van der Waals surface area contributed by atoms with Crippen molar-refractivity contribution >= 4 is 23.4 Å². The molecule has 0 aromatic heterocycles. The average Bonchev–Trinajstić information content (AvgIpc) is 2.86. The van der Waals surface area contributed by atoms with E-state index >= 15 is 0 Å². The Balaban J connectivity index is 1.44. The molecule has 0 bridgehead atoms. The molecule has 0 unspecified atom stereocenters. The van der Waals surface area contributed by atoms with Gasteiger partial charge in [-0.3, -0.25) is 19.3 Å². The van der Waals surface area contributed by atoms with Crippen LogP contribution in [-0.2, 0) is 9.59 Å². The van der Waals surface area contributed by atoms with Crippen molar-refractivity contribution in [3.8, 4) is 0 Å². The molecule has 7 heteroatoms. The van der Waals surface area contributed by atoms with E-state index in [4.69, 9.17) is 5.73 Å². The van der Waals surface area contributed by atoms with E-state index in [2.05, 4.69) is 34.5 Å². The summed E-state index contributed by atoms with van der Waals surface area (Å²) in [5.41, 5.74) is 8.12. The average molecular weight is 443 g/mol. The van der Waals surface area contributed by atoms with Crippen LogP contribution in [0.2, 0.25) is 0 Å². The number of carbonyl (C=O) groups excluding carboxylic acids is 3. The molecule has 3 aromatic rings. The number of anilines is 1. The minimum absolute atomic E-state index is 0.0703. The van der Waals surface area contributed by atoms with E-state index in [9.17, 15) is 14.4 Å². The van der Waals surface area contributed by atoms with E-state index in [0.29, 0.717) is 26.2 Å². The minimum Gasteiger partial charge on any atom is -0.366 e. The van der Waals surface area contributed by atoms with Crippen LogP contribution in [0.15, 0.2) is 84.9 Å². The first-order valence-corrected chi connectivity index (χ1v) is 10.9. The Bertz CT molecular complexity index is 1090. The van der Waals surface area contributed by atoms with Crippen LogP contribution < -0.4 is 11.1 Å². The maximum Gasteiger partial charge on any atom is 0.313 e. The zero-order chi connectivity index (χ0) is 23.2. The largest absolute Gasteiger partial charge is 0.366 e. The first kappa shape index (κ1) is 22.2. The van der Waals surface area contributed by atoms with E-state index in [1.165, 1.54) is 17.2 Å². The lowest BCUT2D eigenvalue weighted by molar-refractivity contribution is -0.144. The van der Waals surface area contributed by atoms with Crippen LogP contribution in [0.3, 0.4) is 0 Å². The van der Waals surface area contributed by atoms with Gasteiger partial charge in [0.05, 0.1) is 17.3 Å². The lowest BCUT2D eigenvalue weighted by atomic mass is 9.96. The molecule has 0 atom stereocenters. The zero-order valence-electron chi connectivity index (χ0n) is 18.2. The fraction of sp³-hybridized carbons (Fsp3) is 0.192. The predicted octanol–water partition coefficient (Wildman–Crippen LogP) is 2.66. The molecule has 7 nitrogen and oxygen atoms in total. The highest BCUT2D eigenvalue weighted by Crippen LogP contribution is 2.29. The van der Waals surface area contributed by atoms with Crippen LogP contribution in [-0.4, -0.2) is 53.7 Å². The van der Waals surface area contributed by atoms with Gasteiger partial charge in [-0.25, -0.2) is 0 Å². The summed E-state index contributed by atoms with van der Waals surface area (Å²) in [6, 6.07) is 27.0. The first-order chi connectivity index (χ1) is 16.0. The molecule has 3 aromatic carbocycles. The lowest BCUT2D eigenvalue weighted by Crippen LogP contribution is -2.52. The molecular weight excluding hydrogens is 416 g/mol. The highest BCUT2D eigenvalue weighted by molar-refractivity contribution is 6.39. The Labute approximate surface area is 192 Å². The van der Waals surface area contributed by atoms with Crippen LogP contribution in [0.25, 0.3) is 0 Å². The summed E-state index contributed by atoms with van der Waals surface area (Å²) < 4.78 is 0. The van der Waals surface area contributed by atoms with Gasteiger partial charge in [-0.15, -0.1) is 0 Å². The number of primary amides is 1. The van der Waals surface area contributed by atoms with Crippen LogP contribution in [0.5, 0.6) is 0 Å². The molecule has 1 fully saturated rings. The van der Waals surface area contributed by atoms with Crippen LogP contribution in [0.4, 0.5) is 5.69 Å². The van der Waals surface area contributed by atoms with Crippen LogP contribution >= 0.6 is 0 Å². The maximum absolute atomic E-state index is 12.8. The smallest absolute Gasteiger partial charge is 0.313 e. The molecule has 3 N–H and O–H groups in total. The Morgan fingerprint density at radius 2 is 1.24 bits per heavy atom. The number of amides is 3. The van der Waals surface area contributed by atoms with Gasteiger partial charge in [-0.2, -0.15) is 0 Å². The first-order valence-electron chi connectivity index (χ1n) is 10.9. The molecule has 1 heterocycles. The fourth-order valence-electron chi connectivity index (χ4n) is 4.19. The maximum atomic E-state index is 12.8. The topological polar surface area (TPSA) is 95.7 Å². The molecular formula is C26H26N4O3. The third-order valence-corrected chi connectivity index (χ3v) is 5.83. The number of nitrogens with one attached hydrogen (secondary N) is 1. The molecule has 168 valence electrons. The van der Waals surface area contributed by atoms with E-state index < -0.39 is 17.7 Å². The summed E-state index contributed by atoms with van der Waals surface area (Å²) in [5, 5.41) is 2.53. The SMILES string of the molecule is NC(=O)c1ccccc1NC(=O)C(=O)N1CCN(C(c2ccccc2)c2ccccc2)CC1. The number of nitrogens with two attached hydrogens (primary N) is 1. The number of carbonyl (C=O) groups is 3. The molecule has 33 heavy (non-hydrogen) atoms. The summed E-state index contributed by atoms with van der Waals surface area (Å²) in [4.78, 5) is 40.8. The molecule has 0 saturated carbocycles. The molecule has 0 spiro atoms. The van der Waals surface area contributed by atoms with E-state index in [1.54, 1.807) is 23.1 Å². The quantitative estimate of drug-likeness (QED) is 0.594. The summed E-state index contributed by atoms with van der Waals surface area (Å²) in [6.07, 6.45) is 0. The highest BCUT2D eigenvalue weighted by atomic mass is 16.2. The molecule has 1 saturated heterocycles. The summed E-state index contributed by atoms with van der Waals surface area (Å²) in [5.74, 6) is -2.07. The third-order valence-electron chi connectivity index (χ3n) is 5.83. The van der Waals surface area contributed by atoms with E-state index in [-0.39, 0.29) is 17.3 Å². The highest BCUT2D eigenvalue weighted by Gasteiger charge is 2.30. The number of piperazine rings is 1. The Kier molecular flexibility index (Phi) is 6.80. The normalized spacial score (nSPS) is 14.2. The van der Waals surface area contributed by atoms with Crippen LogP contribution in [0, 0.1) is 0 Å². The van der Waals surface area contributed by atoms with E-state index in [1.807, 2.05) is 36.4 Å². The van der Waals surface area contributed by atoms with Gasteiger partial charge in [0, 0.05) is 26.2 Å². The summed E-state index contributed by atoms with van der Waals surface area (Å²) in [7, 11) is 0. The van der Waals surface area contributed by atoms with Gasteiger partial charge in [-0.05, 0) is 23.3 Å². The van der Waals surface area contributed by atoms with Gasteiger partial charge in [0.2, 0.25) is 0 Å². The van der Waals surface area contributed by atoms with Gasteiger partial charge < -0.3 is 16.0 Å². The van der Waals surface area contributed by atoms with Crippen molar-refractivity contribution in [2.75, 3.05) is 31.5 Å². The monoisotopic (exact) mass is 442 g/mol. The van der Waals surface area contributed by atoms with Gasteiger partial charge in [0.25, 0.3) is 5.91 Å². The van der Waals surface area contributed by atoms with Gasteiger partial charge in [0.1, 0.15) is 0 Å². The number of rotatable bonds is 5. The zero-order valence-corrected chi connectivity index (χ0v) is 18.2. The Morgan fingerprint density at radius 1 is 0.727 bits per heavy atom. The number of hydrogen-bond acceptors (Lipinski definition) is 4. The summed E-state index contributed by atoms with van der Waals surface area (Å²) >= 11 is 0. The lowest BCUT2D eigenvalue weighted by Gasteiger charge is -2.39. The van der Waals surface area contributed by atoms with Crippen molar-refractivity contribution in [3.05, 3.63) is 102 Å². The number of nitrogens with zero attached hydrogens (tertiary/aromatic N) is 2. The predicted molar refractivity (Wildman–Crippen MR) is 126 cm³/mol. The molecule has 4 rings (SSSR count). The molecule has 3 amide bonds. The Morgan fingerprint density at radius 3 is 1.79 bits per heavy atom. The van der Waals surface area contributed by atoms with Crippen molar-refractivity contribution in [1.82, 2.24) is 9.80 Å². The van der Waals surface area contributed by atoms with Gasteiger partial charge in [-0.1, -0.05) is 72.8 Å². The van der Waals surface area contributed by atoms with E-state index in [0.717, 1.165) is 0 Å². The van der Waals surface area contributed by atoms with Crippen molar-refractivity contribution in [1.29, 1.82) is 0 Å². The van der Waals surface area contributed by atoms with Gasteiger partial charge in [0.15, 0.2) is 0 Å². The van der Waals surface area contributed by atoms with Crippen molar-refractivity contribution in [3.63, 3.8) is 0 Å². The van der Waals surface area contributed by atoms with Crippen LogP contribution in [0.1, 0.15) is 27.5 Å². The summed E-state index contributed by atoms with van der Waals surface area (Å²) in [6.45, 7) is 2.12. The standard InChI is InChI=1S/C26H26N4O3/c27-24(31)21-13-7-8-14-22(21)28-25(32)26(33)30-17-15-29(16-18-30)23(19-9-3-1-4-10-19)20-11-5-2-6-12-20/h1-14,23H,15-18H2,(H2,27,31)(H,28,32). The number of hydrogen-bond donors (Lipinski definition) is 2. The second kappa shape index (κ2) is 10.1. The minimum atomic E-state index is -0.778. The van der Waals surface area contributed by atoms with Crippen molar-refractivity contribution in [2.45, 2.75) is 6.04 Å². The van der Waals surface area contributed by atoms with Crippen molar-refractivity contribution in [2.24, 2.45) is 5.73 Å². The second-order valence-electron chi connectivity index (χ2n) is 7.92. The molecule has 1 aliphatic heterocycles.